The topological polar surface area (TPSA) is 63.3 Å². The van der Waals surface area contributed by atoms with Crippen molar-refractivity contribution in [3.05, 3.63) is 207 Å². The van der Waals surface area contributed by atoms with Crippen molar-refractivity contribution in [2.75, 3.05) is 0 Å². The van der Waals surface area contributed by atoms with Crippen LogP contribution in [0.25, 0.3) is 116 Å². The Balaban J connectivity index is 1.10. The highest BCUT2D eigenvalue weighted by Crippen LogP contribution is 2.40. The fourth-order valence-electron chi connectivity index (χ4n) is 10.2. The van der Waals surface area contributed by atoms with Crippen LogP contribution < -0.4 is 0 Å². The molecule has 294 valence electrons. The molecular formula is C55H34N8. The van der Waals surface area contributed by atoms with Crippen molar-refractivity contribution in [3.8, 4) is 29.2 Å². The number of hydrogen-bond donors (Lipinski definition) is 0. The highest BCUT2D eigenvalue weighted by molar-refractivity contribution is 6.22. The van der Waals surface area contributed by atoms with Crippen LogP contribution in [0.5, 0.6) is 0 Å². The van der Waals surface area contributed by atoms with Gasteiger partial charge in [-0.15, -0.1) is 0 Å². The Morgan fingerprint density at radius 2 is 0.540 bits per heavy atom. The third kappa shape index (κ3) is 4.77. The van der Waals surface area contributed by atoms with Gasteiger partial charge in [0.05, 0.1) is 44.1 Å². The molecule has 0 aliphatic rings. The SMILES string of the molecule is c1ccc(-n2ccc3c4c5ccccc5n(-c5nc(-n6c7ccccc7c7ccccc76)nc(-n6c7ccccc7c7c8ccn(-c9ccccc9)c8ccc76)n5)c4ccc32)cc1. The lowest BCUT2D eigenvalue weighted by Gasteiger charge is -2.14. The molecule has 0 radical (unpaired) electrons. The molecule has 63 heavy (non-hydrogen) atoms. The van der Waals surface area contributed by atoms with Gasteiger partial charge in [0.2, 0.25) is 17.8 Å². The Hall–Kier alpha value is -8.75. The third-order valence-corrected chi connectivity index (χ3v) is 12.9. The molecular weight excluding hydrogens is 773 g/mol. The minimum Gasteiger partial charge on any atom is -0.317 e. The van der Waals surface area contributed by atoms with Gasteiger partial charge in [-0.2, -0.15) is 15.0 Å². The van der Waals surface area contributed by atoms with Gasteiger partial charge in [-0.25, -0.2) is 0 Å². The van der Waals surface area contributed by atoms with Crippen LogP contribution in [0, 0.1) is 0 Å². The van der Waals surface area contributed by atoms with Gasteiger partial charge in [-0.3, -0.25) is 13.7 Å². The normalized spacial score (nSPS) is 12.1. The zero-order valence-corrected chi connectivity index (χ0v) is 33.7. The number of rotatable bonds is 5. The number of para-hydroxylation sites is 6. The molecule has 8 heteroatoms. The van der Waals surface area contributed by atoms with E-state index < -0.39 is 0 Å². The van der Waals surface area contributed by atoms with E-state index in [1.54, 1.807) is 0 Å². The van der Waals surface area contributed by atoms with E-state index in [0.717, 1.165) is 98.6 Å². The van der Waals surface area contributed by atoms with Gasteiger partial charge in [0.25, 0.3) is 0 Å². The van der Waals surface area contributed by atoms with Crippen LogP contribution >= 0.6 is 0 Å². The summed E-state index contributed by atoms with van der Waals surface area (Å²) in [7, 11) is 0. The van der Waals surface area contributed by atoms with E-state index in [1.165, 1.54) is 0 Å². The van der Waals surface area contributed by atoms with Crippen LogP contribution in [0.1, 0.15) is 0 Å². The molecule has 0 N–H and O–H groups in total. The lowest BCUT2D eigenvalue weighted by molar-refractivity contribution is 0.848. The Labute approximate surface area is 359 Å². The molecule has 6 heterocycles. The van der Waals surface area contributed by atoms with Crippen molar-refractivity contribution in [1.29, 1.82) is 0 Å². The summed E-state index contributed by atoms with van der Waals surface area (Å²) in [5.74, 6) is 1.61. The Kier molecular flexibility index (Phi) is 6.95. The first-order valence-electron chi connectivity index (χ1n) is 21.2. The number of aromatic nitrogens is 8. The van der Waals surface area contributed by atoms with Gasteiger partial charge >= 0.3 is 0 Å². The number of fused-ring (bicyclic) bond motifs is 13. The highest BCUT2D eigenvalue weighted by Gasteiger charge is 2.24. The molecule has 0 aliphatic heterocycles. The summed E-state index contributed by atoms with van der Waals surface area (Å²) in [4.78, 5) is 16.5. The van der Waals surface area contributed by atoms with E-state index >= 15 is 0 Å². The molecule has 8 aromatic carbocycles. The van der Waals surface area contributed by atoms with Crippen LogP contribution in [-0.2, 0) is 0 Å². The Morgan fingerprint density at radius 1 is 0.238 bits per heavy atom. The molecule has 0 saturated carbocycles. The Morgan fingerprint density at radius 3 is 0.952 bits per heavy atom. The maximum absolute atomic E-state index is 5.53. The fourth-order valence-corrected chi connectivity index (χ4v) is 10.2. The first-order chi connectivity index (χ1) is 31.3. The molecule has 14 rings (SSSR count). The van der Waals surface area contributed by atoms with Crippen LogP contribution in [-0.4, -0.2) is 37.8 Å². The van der Waals surface area contributed by atoms with E-state index in [0.29, 0.717) is 17.8 Å². The quantitative estimate of drug-likeness (QED) is 0.174. The minimum atomic E-state index is 0.534. The van der Waals surface area contributed by atoms with E-state index in [1.807, 2.05) is 0 Å². The molecule has 0 amide bonds. The van der Waals surface area contributed by atoms with E-state index in [-0.39, 0.29) is 0 Å². The van der Waals surface area contributed by atoms with Crippen molar-refractivity contribution >= 4 is 87.2 Å². The van der Waals surface area contributed by atoms with E-state index in [9.17, 15) is 0 Å². The van der Waals surface area contributed by atoms with Crippen LogP contribution in [0.4, 0.5) is 0 Å². The van der Waals surface area contributed by atoms with E-state index in [4.69, 9.17) is 15.0 Å². The van der Waals surface area contributed by atoms with Crippen LogP contribution in [0.2, 0.25) is 0 Å². The summed E-state index contributed by atoms with van der Waals surface area (Å²) in [6.45, 7) is 0. The monoisotopic (exact) mass is 806 g/mol. The minimum absolute atomic E-state index is 0.534. The maximum atomic E-state index is 5.53. The molecule has 6 aromatic heterocycles. The molecule has 0 unspecified atom stereocenters. The zero-order valence-electron chi connectivity index (χ0n) is 33.7. The van der Waals surface area contributed by atoms with Crippen molar-refractivity contribution in [1.82, 2.24) is 37.8 Å². The molecule has 0 bridgehead atoms. The third-order valence-electron chi connectivity index (χ3n) is 12.9. The lowest BCUT2D eigenvalue weighted by atomic mass is 10.1. The summed E-state index contributed by atoms with van der Waals surface area (Å²) < 4.78 is 11.2. The maximum Gasteiger partial charge on any atom is 0.241 e. The van der Waals surface area contributed by atoms with Gasteiger partial charge in [-0.1, -0.05) is 109 Å². The summed E-state index contributed by atoms with van der Waals surface area (Å²) in [6, 6.07) is 68.6. The number of benzene rings is 8. The Bertz CT molecular complexity index is 3880. The zero-order chi connectivity index (χ0) is 41.2. The van der Waals surface area contributed by atoms with Crippen LogP contribution in [0.3, 0.4) is 0 Å². The molecule has 8 nitrogen and oxygen atoms in total. The van der Waals surface area contributed by atoms with Gasteiger partial charge in [0.1, 0.15) is 0 Å². The summed E-state index contributed by atoms with van der Waals surface area (Å²) in [5.41, 5.74) is 10.6. The first kappa shape index (κ1) is 34.0. The smallest absolute Gasteiger partial charge is 0.241 e. The van der Waals surface area contributed by atoms with Gasteiger partial charge < -0.3 is 9.13 Å². The predicted octanol–water partition coefficient (Wildman–Crippen LogP) is 13.1. The fraction of sp³-hybridized carbons (Fsp3) is 0. The highest BCUT2D eigenvalue weighted by atomic mass is 15.3. The van der Waals surface area contributed by atoms with Gasteiger partial charge in [0.15, 0.2) is 0 Å². The molecule has 0 atom stereocenters. The average molecular weight is 807 g/mol. The predicted molar refractivity (Wildman–Crippen MR) is 257 cm³/mol. The van der Waals surface area contributed by atoms with Crippen molar-refractivity contribution < 1.29 is 0 Å². The van der Waals surface area contributed by atoms with Gasteiger partial charge in [-0.05, 0) is 84.9 Å². The summed E-state index contributed by atoms with van der Waals surface area (Å²) in [5, 5.41) is 9.18. The summed E-state index contributed by atoms with van der Waals surface area (Å²) in [6.07, 6.45) is 4.33. The molecule has 0 spiro atoms. The molecule has 0 saturated heterocycles. The van der Waals surface area contributed by atoms with E-state index in [2.05, 4.69) is 229 Å². The standard InChI is InChI=1S/C55H34N8/c1-3-15-35(16-4-1)59-33-31-41-43(59)27-29-49-51(41)39-21-9-13-25-47(39)62(49)54-56-53(61-45-23-11-7-19-37(45)38-20-8-12-24-46(38)61)57-55(58-54)63-48-26-14-10-22-40(48)52-42-32-34-60(36-17-5-2-6-18-36)44(42)28-30-50(52)63/h1-34H. The summed E-state index contributed by atoms with van der Waals surface area (Å²) >= 11 is 0. The molecule has 0 aliphatic carbocycles. The second kappa shape index (κ2) is 12.9. The second-order valence-corrected chi connectivity index (χ2v) is 16.1. The number of hydrogen-bond acceptors (Lipinski definition) is 3. The lowest BCUT2D eigenvalue weighted by Crippen LogP contribution is -2.13. The van der Waals surface area contributed by atoms with Crippen molar-refractivity contribution in [2.24, 2.45) is 0 Å². The molecule has 14 aromatic rings. The van der Waals surface area contributed by atoms with Gasteiger partial charge in [0, 0.05) is 66.9 Å². The van der Waals surface area contributed by atoms with Crippen LogP contribution in [0.15, 0.2) is 207 Å². The average Bonchev–Trinajstić information content (AvgIpc) is 4.17. The molecule has 0 fully saturated rings. The van der Waals surface area contributed by atoms with Crippen molar-refractivity contribution in [2.45, 2.75) is 0 Å². The largest absolute Gasteiger partial charge is 0.317 e. The van der Waals surface area contributed by atoms with Crippen molar-refractivity contribution in [3.63, 3.8) is 0 Å². The number of nitrogens with zero attached hydrogens (tertiary/aromatic N) is 8. The first-order valence-corrected chi connectivity index (χ1v) is 21.2. The second-order valence-electron chi connectivity index (χ2n) is 16.1.